The van der Waals surface area contributed by atoms with Crippen molar-refractivity contribution in [2.45, 2.75) is 0 Å². The minimum absolute atomic E-state index is 0.0139. The second kappa shape index (κ2) is 2.91. The van der Waals surface area contributed by atoms with Crippen LogP contribution in [0.25, 0.3) is 0 Å². The molecule has 38 valence electrons. The third kappa shape index (κ3) is 1.51. The van der Waals surface area contributed by atoms with Gasteiger partial charge in [0.2, 0.25) is 0 Å². The van der Waals surface area contributed by atoms with E-state index in [0.29, 0.717) is 0 Å². The first-order chi connectivity index (χ1) is 3.80. The van der Waals surface area contributed by atoms with Gasteiger partial charge in [-0.25, -0.2) is 0 Å². The molecule has 0 spiro atoms. The Kier molecular flexibility index (Phi) is 2.43. The fourth-order valence-electron chi connectivity index (χ4n) is 0.306. The average molecular weight is 234 g/mol. The Bertz CT molecular complexity index is 116. The van der Waals surface area contributed by atoms with Crippen molar-refractivity contribution < 1.29 is 0 Å². The summed E-state index contributed by atoms with van der Waals surface area (Å²) in [6.07, 6.45) is 0. The average Bonchev–Trinajstić information content (AvgIpc) is 1.77. The molecule has 0 saturated carbocycles. The molecular weight excluding hydrogens is 234 g/mol. The van der Waals surface area contributed by atoms with Crippen molar-refractivity contribution >= 4 is 52.1 Å². The Morgan fingerprint density at radius 1 is 1.62 bits per heavy atom. The van der Waals surface area contributed by atoms with E-state index in [1.165, 1.54) is 7.21 Å². The van der Waals surface area contributed by atoms with Crippen LogP contribution in [0.3, 0.4) is 0 Å². The predicted octanol–water partition coefficient (Wildman–Crippen LogP) is 0.597. The molecule has 3 nitrogen and oxygen atoms in total. The molecule has 0 aromatic heterocycles. The fourth-order valence-corrected chi connectivity index (χ4v) is 0.729. The van der Waals surface area contributed by atoms with Gasteiger partial charge in [-0.05, 0) is 0 Å². The summed E-state index contributed by atoms with van der Waals surface area (Å²) in [7, 11) is 3.13. The first kappa shape index (κ1) is 6.67. The number of halogens is 2. The molecule has 0 aromatic rings. The van der Waals surface area contributed by atoms with Gasteiger partial charge in [-0.15, -0.1) is 0 Å². The first-order valence-corrected chi connectivity index (χ1v) is 3.56. The van der Waals surface area contributed by atoms with E-state index in [0.717, 1.165) is 0 Å². The van der Waals surface area contributed by atoms with Crippen molar-refractivity contribution in [3.8, 4) is 0 Å². The molecule has 0 atom stereocenters. The van der Waals surface area contributed by atoms with Gasteiger partial charge in [-0.3, -0.25) is 0 Å². The summed E-state index contributed by atoms with van der Waals surface area (Å²) in [6.45, 7) is 0. The molecule has 1 aliphatic heterocycles. The Hall–Kier alpha value is 0.555. The molecule has 1 heterocycles. The number of hydrogen-bond acceptors (Lipinski definition) is 3. The molecule has 0 amide bonds. The molecule has 0 aromatic carbocycles. The van der Waals surface area contributed by atoms with Crippen molar-refractivity contribution in [2.24, 2.45) is 9.61 Å². The fraction of sp³-hybridized carbons (Fsp3) is 0. The summed E-state index contributed by atoms with van der Waals surface area (Å²) in [5, 5.41) is 0. The number of rotatable bonds is 0. The molecule has 0 fully saturated rings. The summed E-state index contributed by atoms with van der Waals surface area (Å²) in [5.74, 6) is -0.0139. The molecule has 8 heavy (non-hydrogen) atoms. The quantitative estimate of drug-likeness (QED) is 0.445. The zero-order valence-electron chi connectivity index (χ0n) is 3.83. The molecule has 0 saturated heterocycles. The van der Waals surface area contributed by atoms with Crippen molar-refractivity contribution in [2.75, 3.05) is 0 Å². The summed E-state index contributed by atoms with van der Waals surface area (Å²) >= 11 is 6.42. The molecule has 0 bridgehead atoms. The van der Waals surface area contributed by atoms with Crippen molar-refractivity contribution in [3.05, 3.63) is 0 Å². The summed E-state index contributed by atoms with van der Waals surface area (Å²) < 4.78 is 1.67. The van der Waals surface area contributed by atoms with Crippen LogP contribution in [0.5, 0.6) is 0 Å². The monoisotopic (exact) mass is 233 g/mol. The van der Waals surface area contributed by atoms with Gasteiger partial charge in [-0.2, -0.15) is 0 Å². The van der Waals surface area contributed by atoms with Crippen molar-refractivity contribution in [1.29, 1.82) is 0 Å². The molecule has 0 radical (unpaired) electrons. The summed E-state index contributed by atoms with van der Waals surface area (Å²) in [5.41, 5.74) is 0. The molecule has 8 heteroatoms. The second-order valence-corrected chi connectivity index (χ2v) is 2.82. The van der Waals surface area contributed by atoms with Crippen LogP contribution in [0.2, 0.25) is 0 Å². The molecule has 0 aliphatic carbocycles. The van der Waals surface area contributed by atoms with Crippen LogP contribution in [-0.2, 0) is 0 Å². The van der Waals surface area contributed by atoms with E-state index in [1.54, 1.807) is 11.0 Å². The number of nitrogens with zero attached hydrogens (tertiary/aromatic N) is 3. The van der Waals surface area contributed by atoms with Gasteiger partial charge in [0.05, 0.1) is 0 Å². The normalized spacial score (nSPS) is 15.8. The van der Waals surface area contributed by atoms with Crippen molar-refractivity contribution in [1.82, 2.24) is 3.75 Å². The van der Waals surface area contributed by atoms with E-state index < -0.39 is 0 Å². The van der Waals surface area contributed by atoms with Gasteiger partial charge in [0, 0.05) is 0 Å². The van der Waals surface area contributed by atoms with Crippen LogP contribution in [-0.4, -0.2) is 24.0 Å². The molecule has 1 rings (SSSR count). The topological polar surface area (TPSA) is 28.0 Å². The third-order valence-electron chi connectivity index (χ3n) is 0.637. The Morgan fingerprint density at radius 3 is 2.75 bits per heavy atom. The van der Waals surface area contributed by atoms with E-state index in [1.807, 2.05) is 0 Å². The van der Waals surface area contributed by atoms with Gasteiger partial charge in [-0.1, -0.05) is 0 Å². The van der Waals surface area contributed by atoms with Crippen LogP contribution in [0.4, 0.5) is 0 Å². The van der Waals surface area contributed by atoms with Crippen LogP contribution < -0.4 is 0 Å². The Balaban J connectivity index is 2.59. The van der Waals surface area contributed by atoms with Crippen LogP contribution >= 0.6 is 31.9 Å². The molecule has 1 aliphatic rings. The van der Waals surface area contributed by atoms with Gasteiger partial charge in [0.1, 0.15) is 0 Å². The predicted molar refractivity (Wildman–Crippen MR) is 41.8 cm³/mol. The maximum absolute atomic E-state index is 3.88. The molecule has 0 unspecified atom stereocenters. The van der Waals surface area contributed by atoms with Crippen LogP contribution in [0.1, 0.15) is 0 Å². The summed E-state index contributed by atoms with van der Waals surface area (Å²) in [6, 6.07) is 0. The summed E-state index contributed by atoms with van der Waals surface area (Å²) in [4.78, 5) is 7.62. The first-order valence-electron chi connectivity index (χ1n) is 1.94. The Morgan fingerprint density at radius 2 is 2.38 bits per heavy atom. The van der Waals surface area contributed by atoms with Gasteiger partial charge in [0.25, 0.3) is 0 Å². The Labute approximate surface area is 65.6 Å². The standard InChI is InChI=1S/B3Br2N3/c4-3-7-1-6-2-8(3)5. The van der Waals surface area contributed by atoms with Gasteiger partial charge in [0.15, 0.2) is 0 Å². The van der Waals surface area contributed by atoms with E-state index in [4.69, 9.17) is 0 Å². The molecule has 0 N–H and O–H groups in total. The van der Waals surface area contributed by atoms with Gasteiger partial charge < -0.3 is 0 Å². The van der Waals surface area contributed by atoms with Crippen molar-refractivity contribution in [3.63, 3.8) is 0 Å². The SMILES string of the molecule is BrB1N=BN=BN1Br. The van der Waals surface area contributed by atoms with Crippen LogP contribution in [0.15, 0.2) is 9.61 Å². The van der Waals surface area contributed by atoms with E-state index in [2.05, 4.69) is 41.5 Å². The maximum atomic E-state index is 3.88. The molecular formula is B3Br2N3. The zero-order valence-corrected chi connectivity index (χ0v) is 7.00. The third-order valence-corrected chi connectivity index (χ3v) is 2.44. The van der Waals surface area contributed by atoms with E-state index in [-0.39, 0.29) is 5.81 Å². The zero-order chi connectivity index (χ0) is 5.98. The van der Waals surface area contributed by atoms with E-state index in [9.17, 15) is 0 Å². The number of hydrogen-bond donors (Lipinski definition) is 0. The second-order valence-electron chi connectivity index (χ2n) is 1.18. The van der Waals surface area contributed by atoms with Crippen LogP contribution in [0, 0.1) is 0 Å². The van der Waals surface area contributed by atoms with Gasteiger partial charge >= 0.3 is 65.5 Å². The van der Waals surface area contributed by atoms with E-state index >= 15 is 0 Å². The minimum atomic E-state index is -0.0139.